The van der Waals surface area contributed by atoms with Crippen molar-refractivity contribution in [1.82, 2.24) is 0 Å². The zero-order valence-electron chi connectivity index (χ0n) is 3.19. The van der Waals surface area contributed by atoms with Crippen molar-refractivity contribution >= 4 is 12.1 Å². The van der Waals surface area contributed by atoms with E-state index >= 15 is 0 Å². The van der Waals surface area contributed by atoms with Gasteiger partial charge in [0.2, 0.25) is 0 Å². The molecule has 0 aromatic rings. The molecule has 3 heteroatoms. The zero-order chi connectivity index (χ0) is 4.28. The molecule has 0 aliphatic carbocycles. The fourth-order valence-electron chi connectivity index (χ4n) is 0. The van der Waals surface area contributed by atoms with Gasteiger partial charge in [-0.05, 0) is 6.92 Å². The van der Waals surface area contributed by atoms with Crippen molar-refractivity contribution in [3.8, 4) is 0 Å². The Kier molecular flexibility index (Phi) is 7.82. The number of rotatable bonds is 1. The predicted octanol–water partition coefficient (Wildman–Crippen LogP) is -0.317. The maximum absolute atomic E-state index is 9.39. The van der Waals surface area contributed by atoms with E-state index in [0.717, 1.165) is 13.2 Å². The van der Waals surface area contributed by atoms with Gasteiger partial charge in [0.1, 0.15) is 0 Å². The van der Waals surface area contributed by atoms with Gasteiger partial charge in [-0.3, -0.25) is 0 Å². The van der Waals surface area contributed by atoms with Crippen LogP contribution in [0.15, 0.2) is 0 Å². The molecule has 0 saturated carbocycles. The van der Waals surface area contributed by atoms with Crippen LogP contribution in [0.3, 0.4) is 0 Å². The van der Waals surface area contributed by atoms with Gasteiger partial charge in [0, 0.05) is 26.2 Å². The van der Waals surface area contributed by atoms with Crippen LogP contribution in [-0.4, -0.2) is 12.1 Å². The molecule has 0 amide bonds. The van der Waals surface area contributed by atoms with Crippen LogP contribution in [0.1, 0.15) is 6.92 Å². The Balaban J connectivity index is 0. The first-order valence-electron chi connectivity index (χ1n) is 1.16. The summed E-state index contributed by atoms with van der Waals surface area (Å²) in [5.41, 5.74) is 0. The Labute approximate surface area is 49.6 Å². The molecular formula is C3H3O2Re-. The summed E-state index contributed by atoms with van der Waals surface area (Å²) < 4.78 is 0. The van der Waals surface area contributed by atoms with Crippen LogP contribution in [0.4, 0.5) is 0 Å². The molecule has 0 bridgehead atoms. The van der Waals surface area contributed by atoms with E-state index in [1.807, 2.05) is 0 Å². The largest absolute Gasteiger partial charge is 0.534 e. The fourth-order valence-corrected chi connectivity index (χ4v) is 0. The Hall–Kier alpha value is 0.00234. The third-order valence-electron chi connectivity index (χ3n) is 0.144. The number of hydrogen-bond donors (Lipinski definition) is 0. The molecule has 0 rings (SSSR count). The summed E-state index contributed by atoms with van der Waals surface area (Å²) in [5, 5.41) is 0. The average Bonchev–Trinajstić information content (AvgIpc) is 1.38. The van der Waals surface area contributed by atoms with Gasteiger partial charge in [-0.15, -0.1) is 0 Å². The second-order valence-electron chi connectivity index (χ2n) is 0.658. The number of carbonyl (C=O) groups is 1. The second kappa shape index (κ2) is 5.00. The van der Waals surface area contributed by atoms with Crippen molar-refractivity contribution < 1.29 is 30.0 Å². The molecule has 0 aliphatic rings. The van der Waals surface area contributed by atoms with E-state index in [0.29, 0.717) is 0 Å². The summed E-state index contributed by atoms with van der Waals surface area (Å²) in [5.74, 6) is -0.551. The van der Waals surface area contributed by atoms with Crippen LogP contribution in [0, 0.1) is 0 Å². The van der Waals surface area contributed by atoms with E-state index in [1.165, 1.54) is 0 Å². The van der Waals surface area contributed by atoms with Gasteiger partial charge in [0.25, 0.3) is 0 Å². The summed E-state index contributed by atoms with van der Waals surface area (Å²) in [7, 11) is 0. The summed E-state index contributed by atoms with van der Waals surface area (Å²) in [6.07, 6.45) is 1.14. The molecule has 1 radical (unpaired) electrons. The van der Waals surface area contributed by atoms with E-state index in [1.54, 1.807) is 0 Å². The molecule has 0 heterocycles. The number of Topliss-reactive ketones (excluding diaryl/α,β-unsaturated/α-hetero) is 1. The maximum Gasteiger partial charge on any atom is 0.0121 e. The van der Waals surface area contributed by atoms with E-state index in [2.05, 4.69) is 0 Å². The van der Waals surface area contributed by atoms with Crippen molar-refractivity contribution in [1.29, 1.82) is 0 Å². The quantitative estimate of drug-likeness (QED) is 0.477. The molecule has 0 aromatic carbocycles. The van der Waals surface area contributed by atoms with E-state index in [-0.39, 0.29) is 20.4 Å². The molecule has 35 valence electrons. The molecule has 6 heavy (non-hydrogen) atoms. The Bertz CT molecular complexity index is 59.8. The van der Waals surface area contributed by atoms with Crippen molar-refractivity contribution in [3.05, 3.63) is 0 Å². The minimum atomic E-state index is -0.551. The van der Waals surface area contributed by atoms with Gasteiger partial charge in [-0.1, -0.05) is 0 Å². The molecule has 0 unspecified atom stereocenters. The fraction of sp³-hybridized carbons (Fsp3) is 0.333. The minimum absolute atomic E-state index is 0. The Morgan fingerprint density at radius 2 is 1.83 bits per heavy atom. The van der Waals surface area contributed by atoms with Gasteiger partial charge >= 0.3 is 0 Å². The first-order valence-corrected chi connectivity index (χ1v) is 1.16. The molecule has 0 N–H and O–H groups in total. The second-order valence-corrected chi connectivity index (χ2v) is 0.658. The smallest absolute Gasteiger partial charge is 0.0121 e. The van der Waals surface area contributed by atoms with Gasteiger partial charge in [-0.2, -0.15) is 6.29 Å². The molecule has 0 aromatic heterocycles. The van der Waals surface area contributed by atoms with E-state index < -0.39 is 5.78 Å². The van der Waals surface area contributed by atoms with Crippen LogP contribution in [0.25, 0.3) is 0 Å². The standard InChI is InChI=1S/C3H3O2.Re/c1-3(5)2-4;/h1H3;/q-1;. The summed E-state index contributed by atoms with van der Waals surface area (Å²) >= 11 is 0. The van der Waals surface area contributed by atoms with Crippen LogP contribution in [0.2, 0.25) is 0 Å². The normalized spacial score (nSPS) is 5.50. The van der Waals surface area contributed by atoms with Crippen molar-refractivity contribution in [2.45, 2.75) is 6.92 Å². The Morgan fingerprint density at radius 1 is 1.67 bits per heavy atom. The van der Waals surface area contributed by atoms with Gasteiger partial charge in [-0.25, -0.2) is 0 Å². The molecule has 2 nitrogen and oxygen atoms in total. The number of hydrogen-bond acceptors (Lipinski definition) is 2. The van der Waals surface area contributed by atoms with E-state index in [9.17, 15) is 4.79 Å². The topological polar surface area (TPSA) is 34.1 Å². The molecule has 0 fully saturated rings. The summed E-state index contributed by atoms with van der Waals surface area (Å²) in [6, 6.07) is 0. The van der Waals surface area contributed by atoms with Crippen LogP contribution < -0.4 is 0 Å². The number of ketones is 1. The van der Waals surface area contributed by atoms with Crippen molar-refractivity contribution in [2.24, 2.45) is 0 Å². The Morgan fingerprint density at radius 3 is 1.83 bits per heavy atom. The minimum Gasteiger partial charge on any atom is -0.534 e. The van der Waals surface area contributed by atoms with Gasteiger partial charge in [0.05, 0.1) is 0 Å². The monoisotopic (exact) mass is 258 g/mol. The van der Waals surface area contributed by atoms with Crippen LogP contribution in [0.5, 0.6) is 0 Å². The molecule has 0 spiro atoms. The van der Waals surface area contributed by atoms with Crippen molar-refractivity contribution in [2.75, 3.05) is 0 Å². The van der Waals surface area contributed by atoms with Gasteiger partial charge < -0.3 is 9.59 Å². The first-order chi connectivity index (χ1) is 2.27. The predicted molar refractivity (Wildman–Crippen MR) is 16.4 cm³/mol. The first kappa shape index (κ1) is 9.38. The molecule has 0 aliphatic heterocycles. The summed E-state index contributed by atoms with van der Waals surface area (Å²) in [6.45, 7) is 1.16. The summed E-state index contributed by atoms with van der Waals surface area (Å²) in [4.78, 5) is 18.4. The number of carbonyl (C=O) groups excluding carboxylic acids is 2. The van der Waals surface area contributed by atoms with E-state index in [4.69, 9.17) is 4.79 Å². The zero-order valence-corrected chi connectivity index (χ0v) is 5.91. The SMILES string of the molecule is CC(=O)[C-]=O.[Re]. The maximum atomic E-state index is 9.39. The molecule has 0 atom stereocenters. The average molecular weight is 257 g/mol. The van der Waals surface area contributed by atoms with Crippen molar-refractivity contribution in [3.63, 3.8) is 0 Å². The van der Waals surface area contributed by atoms with Crippen LogP contribution in [-0.2, 0) is 30.0 Å². The third-order valence-corrected chi connectivity index (χ3v) is 0.144. The van der Waals surface area contributed by atoms with Gasteiger partial charge in [0.15, 0.2) is 0 Å². The third kappa shape index (κ3) is 9.00. The molecule has 0 saturated heterocycles. The molecular weight excluding hydrogens is 254 g/mol. The van der Waals surface area contributed by atoms with Crippen LogP contribution >= 0.6 is 0 Å².